The minimum Gasteiger partial charge on any atom is -0.548 e. The van der Waals surface area contributed by atoms with Crippen molar-refractivity contribution < 1.29 is 9.16 Å². The van der Waals surface area contributed by atoms with Crippen molar-refractivity contribution in [3.8, 4) is 0 Å². The first-order chi connectivity index (χ1) is 8.87. The van der Waals surface area contributed by atoms with Crippen molar-refractivity contribution in [2.24, 2.45) is 0 Å². The molecule has 0 amide bonds. The van der Waals surface area contributed by atoms with Gasteiger partial charge in [-0.1, -0.05) is 6.58 Å². The van der Waals surface area contributed by atoms with Gasteiger partial charge in [0.2, 0.25) is 8.32 Å². The molecule has 1 heterocycles. The lowest BCUT2D eigenvalue weighted by atomic mass is 10.2. The predicted octanol–water partition coefficient (Wildman–Crippen LogP) is 5.11. The van der Waals surface area contributed by atoms with Crippen LogP contribution in [0, 0.1) is 6.92 Å². The molecule has 0 aliphatic heterocycles. The van der Waals surface area contributed by atoms with Gasteiger partial charge in [0.1, 0.15) is 0 Å². The Hall–Kier alpha value is -0.583. The Labute approximate surface area is 122 Å². The van der Waals surface area contributed by atoms with Gasteiger partial charge >= 0.3 is 0 Å². The molecule has 0 saturated carbocycles. The van der Waals surface area contributed by atoms with Gasteiger partial charge in [0.05, 0.1) is 12.4 Å². The van der Waals surface area contributed by atoms with Crippen LogP contribution in [-0.2, 0) is 15.8 Å². The van der Waals surface area contributed by atoms with Gasteiger partial charge in [0, 0.05) is 22.8 Å². The Kier molecular flexibility index (Phi) is 6.83. The van der Waals surface area contributed by atoms with E-state index >= 15 is 0 Å². The summed E-state index contributed by atoms with van der Waals surface area (Å²) in [6.07, 6.45) is 3.11. The molecule has 0 atom stereocenters. The summed E-state index contributed by atoms with van der Waals surface area (Å²) in [4.78, 5) is 2.65. The summed E-state index contributed by atoms with van der Waals surface area (Å²) in [6.45, 7) is 14.2. The van der Waals surface area contributed by atoms with Crippen LogP contribution in [0.4, 0.5) is 0 Å². The van der Waals surface area contributed by atoms with Gasteiger partial charge in [-0.15, -0.1) is 11.3 Å². The highest BCUT2D eigenvalue weighted by molar-refractivity contribution is 7.11. The van der Waals surface area contributed by atoms with Crippen LogP contribution in [0.25, 0.3) is 0 Å². The van der Waals surface area contributed by atoms with E-state index in [0.29, 0.717) is 0 Å². The molecule has 0 N–H and O–H groups in total. The lowest BCUT2D eigenvalue weighted by Gasteiger charge is -2.20. The van der Waals surface area contributed by atoms with Crippen LogP contribution in [0.3, 0.4) is 0 Å². The Morgan fingerprint density at radius 1 is 1.26 bits per heavy atom. The molecule has 0 bridgehead atoms. The lowest BCUT2D eigenvalue weighted by Crippen LogP contribution is -2.24. The average molecular weight is 299 g/mol. The van der Waals surface area contributed by atoms with Crippen LogP contribution in [0.2, 0.25) is 19.6 Å². The number of hydrogen-bond acceptors (Lipinski definition) is 3. The molecule has 0 spiro atoms. The molecule has 0 radical (unpaired) electrons. The van der Waals surface area contributed by atoms with Crippen LogP contribution in [0.5, 0.6) is 0 Å². The van der Waals surface area contributed by atoms with Crippen molar-refractivity contribution >= 4 is 19.7 Å². The fourth-order valence-electron chi connectivity index (χ4n) is 1.75. The Morgan fingerprint density at radius 2 is 2.00 bits per heavy atom. The lowest BCUT2D eigenvalue weighted by molar-refractivity contribution is 0.119. The molecule has 108 valence electrons. The number of thiophene rings is 1. The maximum atomic E-state index is 5.82. The number of aryl methyl sites for hydroxylation is 1. The third kappa shape index (κ3) is 8.24. The molecule has 0 saturated heterocycles. The van der Waals surface area contributed by atoms with Crippen molar-refractivity contribution in [2.45, 2.75) is 52.4 Å². The molecule has 19 heavy (non-hydrogen) atoms. The summed E-state index contributed by atoms with van der Waals surface area (Å²) in [7, 11) is -1.47. The predicted molar refractivity (Wildman–Crippen MR) is 86.1 cm³/mol. The average Bonchev–Trinajstić information content (AvgIpc) is 2.67. The molecule has 4 heteroatoms. The van der Waals surface area contributed by atoms with Gasteiger partial charge in [-0.05, 0) is 51.5 Å². The van der Waals surface area contributed by atoms with E-state index in [1.54, 1.807) is 0 Å². The van der Waals surface area contributed by atoms with Gasteiger partial charge in [0.15, 0.2) is 0 Å². The van der Waals surface area contributed by atoms with Crippen LogP contribution >= 0.6 is 11.3 Å². The summed E-state index contributed by atoms with van der Waals surface area (Å²) in [5, 5.41) is 0. The van der Waals surface area contributed by atoms with Crippen LogP contribution in [0.1, 0.15) is 29.0 Å². The Morgan fingerprint density at radius 3 is 2.58 bits per heavy atom. The van der Waals surface area contributed by atoms with Crippen LogP contribution in [0.15, 0.2) is 24.5 Å². The van der Waals surface area contributed by atoms with Crippen molar-refractivity contribution in [2.75, 3.05) is 6.61 Å². The Balaban J connectivity index is 2.01. The SMILES string of the molecule is C=C(CCCCOCc1ccc(C)s1)O[Si](C)(C)C. The monoisotopic (exact) mass is 298 g/mol. The summed E-state index contributed by atoms with van der Waals surface area (Å²) < 4.78 is 11.5. The maximum Gasteiger partial charge on any atom is 0.241 e. The van der Waals surface area contributed by atoms with E-state index in [9.17, 15) is 0 Å². The largest absolute Gasteiger partial charge is 0.548 e. The van der Waals surface area contributed by atoms with Crippen molar-refractivity contribution in [1.82, 2.24) is 0 Å². The zero-order valence-electron chi connectivity index (χ0n) is 12.6. The first-order valence-electron chi connectivity index (χ1n) is 6.87. The van der Waals surface area contributed by atoms with Gasteiger partial charge in [0.25, 0.3) is 0 Å². The molecule has 1 aromatic heterocycles. The number of ether oxygens (including phenoxy) is 1. The molecular weight excluding hydrogens is 272 g/mol. The van der Waals surface area contributed by atoms with E-state index in [1.807, 2.05) is 11.3 Å². The summed E-state index contributed by atoms with van der Waals surface area (Å²) in [5.41, 5.74) is 0. The standard InChI is InChI=1S/C15H26O2SSi/c1-13(17-19(3,4)5)8-6-7-11-16-12-15-10-9-14(2)18-15/h9-10H,1,6-8,11-12H2,2-5H3. The third-order valence-electron chi connectivity index (χ3n) is 2.49. The molecule has 0 aliphatic rings. The Bertz CT molecular complexity index is 393. The molecular formula is C15H26O2SSi. The molecule has 0 aromatic carbocycles. The number of hydrogen-bond donors (Lipinski definition) is 0. The second kappa shape index (κ2) is 7.87. The minimum absolute atomic E-state index is 0.741. The van der Waals surface area contributed by atoms with Crippen molar-refractivity contribution in [3.63, 3.8) is 0 Å². The minimum atomic E-state index is -1.47. The smallest absolute Gasteiger partial charge is 0.241 e. The second-order valence-electron chi connectivity index (χ2n) is 5.78. The fourth-order valence-corrected chi connectivity index (χ4v) is 3.54. The van der Waals surface area contributed by atoms with E-state index in [-0.39, 0.29) is 0 Å². The highest BCUT2D eigenvalue weighted by Gasteiger charge is 2.16. The van der Waals surface area contributed by atoms with E-state index in [0.717, 1.165) is 38.2 Å². The zero-order valence-corrected chi connectivity index (χ0v) is 14.4. The second-order valence-corrected chi connectivity index (χ2v) is 11.6. The van der Waals surface area contributed by atoms with Crippen LogP contribution in [-0.4, -0.2) is 14.9 Å². The third-order valence-corrected chi connectivity index (χ3v) is 4.36. The summed E-state index contributed by atoms with van der Waals surface area (Å²) in [5.74, 6) is 0.938. The van der Waals surface area contributed by atoms with Gasteiger partial charge in [-0.3, -0.25) is 0 Å². The van der Waals surface area contributed by atoms with Crippen LogP contribution < -0.4 is 0 Å². The van der Waals surface area contributed by atoms with Gasteiger partial charge in [-0.25, -0.2) is 0 Å². The molecule has 1 aromatic rings. The number of unbranched alkanes of at least 4 members (excludes halogenated alkanes) is 1. The van der Waals surface area contributed by atoms with Gasteiger partial charge in [-0.2, -0.15) is 0 Å². The topological polar surface area (TPSA) is 18.5 Å². The first kappa shape index (κ1) is 16.5. The molecule has 2 nitrogen and oxygen atoms in total. The maximum absolute atomic E-state index is 5.82. The molecule has 1 rings (SSSR count). The first-order valence-corrected chi connectivity index (χ1v) is 11.1. The highest BCUT2D eigenvalue weighted by Crippen LogP contribution is 2.17. The number of rotatable bonds is 9. The van der Waals surface area contributed by atoms with E-state index < -0.39 is 8.32 Å². The fraction of sp³-hybridized carbons (Fsp3) is 0.600. The summed E-state index contributed by atoms with van der Waals surface area (Å²) in [6, 6.07) is 4.28. The summed E-state index contributed by atoms with van der Waals surface area (Å²) >= 11 is 1.81. The molecule has 0 fully saturated rings. The van der Waals surface area contributed by atoms with Gasteiger partial charge < -0.3 is 9.16 Å². The zero-order chi connectivity index (χ0) is 14.3. The van der Waals surface area contributed by atoms with Crippen molar-refractivity contribution in [1.29, 1.82) is 0 Å². The normalized spacial score (nSPS) is 11.6. The molecule has 0 aliphatic carbocycles. The van der Waals surface area contributed by atoms with Crippen molar-refractivity contribution in [3.05, 3.63) is 34.2 Å². The quantitative estimate of drug-likeness (QED) is 0.358. The molecule has 0 unspecified atom stereocenters. The highest BCUT2D eigenvalue weighted by atomic mass is 32.1. The van der Waals surface area contributed by atoms with E-state index in [1.165, 1.54) is 9.75 Å². The van der Waals surface area contributed by atoms with E-state index in [2.05, 4.69) is 45.3 Å². The van der Waals surface area contributed by atoms with E-state index in [4.69, 9.17) is 9.16 Å². The number of allylic oxidation sites excluding steroid dienone is 1.